The van der Waals surface area contributed by atoms with Crippen LogP contribution >= 0.6 is 0 Å². The first kappa shape index (κ1) is 17.5. The summed E-state index contributed by atoms with van der Waals surface area (Å²) >= 11 is 0. The number of para-hydroxylation sites is 2. The van der Waals surface area contributed by atoms with E-state index in [0.29, 0.717) is 23.0 Å². The number of nitrogens with one attached hydrogen (secondary N) is 1. The smallest absolute Gasteiger partial charge is 0.244 e. The molecule has 24 heavy (non-hydrogen) atoms. The van der Waals surface area contributed by atoms with Crippen molar-refractivity contribution >= 4 is 23.3 Å². The summed E-state index contributed by atoms with van der Waals surface area (Å²) in [7, 11) is 0. The summed E-state index contributed by atoms with van der Waals surface area (Å²) in [6, 6.07) is 8.75. The standard InChI is InChI=1S/C17H21N3O4/c1-11(2)23-15-8-6-5-7-14(15)18-17(22)10-20(13(4)21)16-9-12(3)24-19-16/h5-9,11H,10H2,1-4H3,(H,18,22). The van der Waals surface area contributed by atoms with Crippen LogP contribution < -0.4 is 15.0 Å². The zero-order chi connectivity index (χ0) is 17.7. The van der Waals surface area contributed by atoms with Crippen molar-refractivity contribution < 1.29 is 18.8 Å². The van der Waals surface area contributed by atoms with Gasteiger partial charge in [-0.15, -0.1) is 0 Å². The van der Waals surface area contributed by atoms with Gasteiger partial charge in [0, 0.05) is 13.0 Å². The third kappa shape index (κ3) is 4.58. The van der Waals surface area contributed by atoms with Crippen LogP contribution in [-0.2, 0) is 9.59 Å². The Kier molecular flexibility index (Phi) is 5.57. The molecule has 2 amide bonds. The van der Waals surface area contributed by atoms with Crippen molar-refractivity contribution in [2.45, 2.75) is 33.8 Å². The lowest BCUT2D eigenvalue weighted by Gasteiger charge is -2.18. The van der Waals surface area contributed by atoms with Gasteiger partial charge in [-0.25, -0.2) is 0 Å². The van der Waals surface area contributed by atoms with Gasteiger partial charge in [0.15, 0.2) is 5.82 Å². The summed E-state index contributed by atoms with van der Waals surface area (Å²) in [4.78, 5) is 25.4. The molecule has 0 radical (unpaired) electrons. The Balaban J connectivity index is 2.10. The number of carbonyl (C=O) groups excluding carboxylic acids is 2. The summed E-state index contributed by atoms with van der Waals surface area (Å²) in [6.45, 7) is 6.73. The number of benzene rings is 1. The molecule has 1 heterocycles. The molecule has 0 aliphatic heterocycles. The Labute approximate surface area is 140 Å². The third-order valence-electron chi connectivity index (χ3n) is 3.10. The number of hydrogen-bond acceptors (Lipinski definition) is 5. The molecular weight excluding hydrogens is 310 g/mol. The number of anilines is 2. The van der Waals surface area contributed by atoms with Crippen LogP contribution in [0.15, 0.2) is 34.9 Å². The minimum absolute atomic E-state index is 0.0186. The van der Waals surface area contributed by atoms with Crippen LogP contribution in [0.3, 0.4) is 0 Å². The summed E-state index contributed by atoms with van der Waals surface area (Å²) in [6.07, 6.45) is -0.0186. The van der Waals surface area contributed by atoms with Crippen molar-refractivity contribution in [1.82, 2.24) is 5.16 Å². The monoisotopic (exact) mass is 331 g/mol. The minimum atomic E-state index is -0.356. The van der Waals surface area contributed by atoms with E-state index >= 15 is 0 Å². The van der Waals surface area contributed by atoms with E-state index in [2.05, 4.69) is 10.5 Å². The fourth-order valence-electron chi connectivity index (χ4n) is 2.09. The molecule has 1 N–H and O–H groups in total. The van der Waals surface area contributed by atoms with Gasteiger partial charge in [0.2, 0.25) is 11.8 Å². The van der Waals surface area contributed by atoms with Crippen LogP contribution in [0.2, 0.25) is 0 Å². The Morgan fingerprint density at radius 2 is 2.04 bits per heavy atom. The predicted molar refractivity (Wildman–Crippen MR) is 90.1 cm³/mol. The van der Waals surface area contributed by atoms with E-state index in [1.165, 1.54) is 11.8 Å². The topological polar surface area (TPSA) is 84.7 Å². The molecule has 2 rings (SSSR count). The average Bonchev–Trinajstić information content (AvgIpc) is 2.92. The number of aryl methyl sites for hydroxylation is 1. The van der Waals surface area contributed by atoms with Crippen LogP contribution in [0.4, 0.5) is 11.5 Å². The molecule has 0 atom stereocenters. The Bertz CT molecular complexity index is 724. The molecule has 1 aromatic heterocycles. The average molecular weight is 331 g/mol. The molecule has 0 saturated carbocycles. The molecule has 0 aliphatic rings. The lowest BCUT2D eigenvalue weighted by molar-refractivity contribution is -0.120. The number of rotatable bonds is 6. The highest BCUT2D eigenvalue weighted by Gasteiger charge is 2.20. The van der Waals surface area contributed by atoms with Gasteiger partial charge < -0.3 is 14.6 Å². The van der Waals surface area contributed by atoms with E-state index in [9.17, 15) is 9.59 Å². The number of nitrogens with zero attached hydrogens (tertiary/aromatic N) is 2. The van der Waals surface area contributed by atoms with Crippen molar-refractivity contribution in [3.63, 3.8) is 0 Å². The number of amides is 2. The Morgan fingerprint density at radius 1 is 1.33 bits per heavy atom. The lowest BCUT2D eigenvalue weighted by Crippen LogP contribution is -2.37. The van der Waals surface area contributed by atoms with Crippen LogP contribution in [0.1, 0.15) is 26.5 Å². The fraction of sp³-hybridized carbons (Fsp3) is 0.353. The summed E-state index contributed by atoms with van der Waals surface area (Å²) < 4.78 is 10.6. The summed E-state index contributed by atoms with van der Waals surface area (Å²) in [5.74, 6) is 0.789. The number of aromatic nitrogens is 1. The van der Waals surface area contributed by atoms with E-state index in [1.54, 1.807) is 31.2 Å². The predicted octanol–water partition coefficient (Wildman–Crippen LogP) is 2.76. The van der Waals surface area contributed by atoms with Crippen LogP contribution in [0.5, 0.6) is 5.75 Å². The highest BCUT2D eigenvalue weighted by Crippen LogP contribution is 2.25. The minimum Gasteiger partial charge on any atom is -0.489 e. The highest BCUT2D eigenvalue weighted by molar-refractivity contribution is 6.01. The maximum absolute atomic E-state index is 12.3. The van der Waals surface area contributed by atoms with Gasteiger partial charge in [-0.05, 0) is 32.9 Å². The first-order valence-electron chi connectivity index (χ1n) is 7.63. The van der Waals surface area contributed by atoms with Crippen LogP contribution in [-0.4, -0.2) is 29.6 Å². The molecule has 128 valence electrons. The first-order chi connectivity index (χ1) is 11.4. The van der Waals surface area contributed by atoms with E-state index in [0.717, 1.165) is 0 Å². The molecule has 0 bridgehead atoms. The molecule has 7 nitrogen and oxygen atoms in total. The molecule has 0 aliphatic carbocycles. The molecule has 7 heteroatoms. The van der Waals surface area contributed by atoms with Gasteiger partial charge in [-0.1, -0.05) is 17.3 Å². The maximum Gasteiger partial charge on any atom is 0.244 e. The van der Waals surface area contributed by atoms with E-state index in [4.69, 9.17) is 9.26 Å². The first-order valence-corrected chi connectivity index (χ1v) is 7.63. The number of carbonyl (C=O) groups is 2. The quantitative estimate of drug-likeness (QED) is 0.880. The summed E-state index contributed by atoms with van der Waals surface area (Å²) in [5.41, 5.74) is 0.552. The van der Waals surface area contributed by atoms with Gasteiger partial charge in [0.1, 0.15) is 18.1 Å². The zero-order valence-electron chi connectivity index (χ0n) is 14.2. The van der Waals surface area contributed by atoms with Gasteiger partial charge in [-0.3, -0.25) is 14.5 Å². The Hall–Kier alpha value is -2.83. The van der Waals surface area contributed by atoms with Crippen molar-refractivity contribution in [3.05, 3.63) is 36.1 Å². The van der Waals surface area contributed by atoms with Gasteiger partial charge in [0.25, 0.3) is 0 Å². The number of hydrogen-bond donors (Lipinski definition) is 1. The molecular formula is C17H21N3O4. The highest BCUT2D eigenvalue weighted by atomic mass is 16.5. The maximum atomic E-state index is 12.3. The van der Waals surface area contributed by atoms with Crippen molar-refractivity contribution in [3.8, 4) is 5.75 Å². The fourth-order valence-corrected chi connectivity index (χ4v) is 2.09. The second-order valence-corrected chi connectivity index (χ2v) is 5.61. The molecule has 2 aromatic rings. The summed E-state index contributed by atoms with van der Waals surface area (Å²) in [5, 5.41) is 6.54. The molecule has 0 saturated heterocycles. The normalized spacial score (nSPS) is 10.5. The van der Waals surface area contributed by atoms with Gasteiger partial charge in [-0.2, -0.15) is 0 Å². The SMILES string of the molecule is CC(=O)N(CC(=O)Nc1ccccc1OC(C)C)c1cc(C)on1. The van der Waals surface area contributed by atoms with Gasteiger partial charge >= 0.3 is 0 Å². The third-order valence-corrected chi connectivity index (χ3v) is 3.10. The second kappa shape index (κ2) is 7.63. The zero-order valence-corrected chi connectivity index (χ0v) is 14.2. The molecule has 0 spiro atoms. The number of ether oxygens (including phenoxy) is 1. The lowest BCUT2D eigenvalue weighted by atomic mass is 10.2. The Morgan fingerprint density at radius 3 is 2.62 bits per heavy atom. The molecule has 0 unspecified atom stereocenters. The van der Waals surface area contributed by atoms with E-state index in [-0.39, 0.29) is 24.5 Å². The van der Waals surface area contributed by atoms with E-state index < -0.39 is 0 Å². The largest absolute Gasteiger partial charge is 0.489 e. The molecule has 1 aromatic carbocycles. The van der Waals surface area contributed by atoms with Crippen molar-refractivity contribution in [2.24, 2.45) is 0 Å². The molecule has 0 fully saturated rings. The van der Waals surface area contributed by atoms with Gasteiger partial charge in [0.05, 0.1) is 11.8 Å². The van der Waals surface area contributed by atoms with Crippen LogP contribution in [0.25, 0.3) is 0 Å². The van der Waals surface area contributed by atoms with Crippen LogP contribution in [0, 0.1) is 6.92 Å². The van der Waals surface area contributed by atoms with Crippen molar-refractivity contribution in [1.29, 1.82) is 0 Å². The second-order valence-electron chi connectivity index (χ2n) is 5.61. The van der Waals surface area contributed by atoms with Crippen molar-refractivity contribution in [2.75, 3.05) is 16.8 Å². The van der Waals surface area contributed by atoms with E-state index in [1.807, 2.05) is 19.9 Å².